The molecule has 1 amide bonds. The fourth-order valence-electron chi connectivity index (χ4n) is 1.74. The highest BCUT2D eigenvalue weighted by Crippen LogP contribution is 2.14. The Morgan fingerprint density at radius 2 is 1.64 bits per heavy atom. The van der Waals surface area contributed by atoms with Crippen molar-refractivity contribution in [3.8, 4) is 0 Å². The Balaban J connectivity index is 1.76. The van der Waals surface area contributed by atoms with Crippen molar-refractivity contribution in [1.29, 1.82) is 0 Å². The number of aliphatic imine (C=N–C) groups is 1. The van der Waals surface area contributed by atoms with Gasteiger partial charge in [0.05, 0.1) is 6.54 Å². The highest BCUT2D eigenvalue weighted by atomic mass is 79.9. The van der Waals surface area contributed by atoms with Crippen LogP contribution in [-0.4, -0.2) is 18.4 Å². The summed E-state index contributed by atoms with van der Waals surface area (Å²) < 4.78 is 0.967. The molecule has 0 aliphatic carbocycles. The smallest absolute Gasteiger partial charge is 0.226 e. The molecule has 0 heterocycles. The quantitative estimate of drug-likeness (QED) is 0.565. The van der Waals surface area contributed by atoms with Crippen LogP contribution in [0.25, 0.3) is 0 Å². The number of nitrogens with zero attached hydrogens (tertiary/aromatic N) is 1. The van der Waals surface area contributed by atoms with Gasteiger partial charge in [-0.15, -0.1) is 0 Å². The topological polar surface area (TPSA) is 79.5 Å². The van der Waals surface area contributed by atoms with E-state index < -0.39 is 0 Å². The van der Waals surface area contributed by atoms with Crippen molar-refractivity contribution in [2.24, 2.45) is 10.7 Å². The molecule has 6 heteroatoms. The van der Waals surface area contributed by atoms with Gasteiger partial charge in [-0.3, -0.25) is 9.79 Å². The van der Waals surface area contributed by atoms with Crippen LogP contribution in [0.5, 0.6) is 0 Å². The maximum absolute atomic E-state index is 11.8. The summed E-state index contributed by atoms with van der Waals surface area (Å²) >= 11 is 3.35. The van der Waals surface area contributed by atoms with Gasteiger partial charge in [-0.1, -0.05) is 34.1 Å². The summed E-state index contributed by atoms with van der Waals surface area (Å²) in [6, 6.07) is 16.9. The fourth-order valence-corrected chi connectivity index (χ4v) is 2.01. The molecule has 0 spiro atoms. The van der Waals surface area contributed by atoms with Crippen molar-refractivity contribution in [2.75, 3.05) is 17.2 Å². The molecule has 0 saturated carbocycles. The van der Waals surface area contributed by atoms with Gasteiger partial charge in [0, 0.05) is 22.3 Å². The zero-order valence-corrected chi connectivity index (χ0v) is 13.5. The molecule has 0 aliphatic heterocycles. The monoisotopic (exact) mass is 360 g/mol. The first-order valence-electron chi connectivity index (χ1n) is 6.81. The van der Waals surface area contributed by atoms with Crippen molar-refractivity contribution in [3.63, 3.8) is 0 Å². The van der Waals surface area contributed by atoms with Crippen LogP contribution in [0, 0.1) is 0 Å². The Morgan fingerprint density at radius 3 is 2.32 bits per heavy atom. The number of carbonyl (C=O) groups is 1. The second-order valence-electron chi connectivity index (χ2n) is 4.56. The van der Waals surface area contributed by atoms with Gasteiger partial charge in [0.2, 0.25) is 5.91 Å². The Hall–Kier alpha value is -2.34. The minimum atomic E-state index is -0.0985. The number of carbonyl (C=O) groups excluding carboxylic acids is 1. The minimum absolute atomic E-state index is 0.0985. The summed E-state index contributed by atoms with van der Waals surface area (Å²) in [6.07, 6.45) is 0.271. The Labute approximate surface area is 137 Å². The molecule has 2 aromatic carbocycles. The number of para-hydroxylation sites is 1. The zero-order valence-electron chi connectivity index (χ0n) is 11.9. The van der Waals surface area contributed by atoms with Gasteiger partial charge in [-0.05, 0) is 36.4 Å². The number of amides is 1. The van der Waals surface area contributed by atoms with Gasteiger partial charge >= 0.3 is 0 Å². The summed E-state index contributed by atoms with van der Waals surface area (Å²) in [5.41, 5.74) is 7.38. The second kappa shape index (κ2) is 8.19. The molecule has 0 atom stereocenters. The number of halogens is 1. The predicted octanol–water partition coefficient (Wildman–Crippen LogP) is 3.20. The lowest BCUT2D eigenvalue weighted by Gasteiger charge is -2.06. The van der Waals surface area contributed by atoms with E-state index in [1.807, 2.05) is 54.6 Å². The molecule has 0 saturated heterocycles. The van der Waals surface area contributed by atoms with Gasteiger partial charge in [0.25, 0.3) is 0 Å². The van der Waals surface area contributed by atoms with Gasteiger partial charge in [-0.2, -0.15) is 0 Å². The van der Waals surface area contributed by atoms with Crippen molar-refractivity contribution in [2.45, 2.75) is 6.42 Å². The van der Waals surface area contributed by atoms with E-state index in [0.717, 1.165) is 15.8 Å². The summed E-state index contributed by atoms with van der Waals surface area (Å²) in [5.74, 6) is 0.196. The lowest BCUT2D eigenvalue weighted by Crippen LogP contribution is -2.23. The van der Waals surface area contributed by atoms with Gasteiger partial charge in [0.1, 0.15) is 0 Å². The number of nitrogens with one attached hydrogen (secondary N) is 2. The minimum Gasteiger partial charge on any atom is -0.370 e. The first-order valence-corrected chi connectivity index (χ1v) is 7.60. The first-order chi connectivity index (χ1) is 10.6. The van der Waals surface area contributed by atoms with Crippen LogP contribution in [-0.2, 0) is 4.79 Å². The molecular weight excluding hydrogens is 344 g/mol. The predicted molar refractivity (Wildman–Crippen MR) is 93.9 cm³/mol. The van der Waals surface area contributed by atoms with Crippen LogP contribution < -0.4 is 16.4 Å². The molecule has 0 unspecified atom stereocenters. The van der Waals surface area contributed by atoms with Crippen LogP contribution in [0.4, 0.5) is 11.4 Å². The molecule has 0 aliphatic rings. The molecule has 0 aromatic heterocycles. The molecule has 0 bridgehead atoms. The Morgan fingerprint density at radius 1 is 1.00 bits per heavy atom. The lowest BCUT2D eigenvalue weighted by atomic mass is 10.3. The number of hydrogen-bond donors (Lipinski definition) is 3. The SMILES string of the molecule is NC(=NCCC(=O)Nc1ccc(Br)cc1)Nc1ccccc1. The lowest BCUT2D eigenvalue weighted by molar-refractivity contribution is -0.116. The standard InChI is InChI=1S/C16H17BrN4O/c17-12-6-8-14(9-7-12)20-15(22)10-11-19-16(18)21-13-4-2-1-3-5-13/h1-9H,10-11H2,(H,20,22)(H3,18,19,21). The number of benzene rings is 2. The molecule has 2 rings (SSSR count). The average molecular weight is 361 g/mol. The summed E-state index contributed by atoms with van der Waals surface area (Å²) in [4.78, 5) is 15.9. The third kappa shape index (κ3) is 5.57. The average Bonchev–Trinajstić information content (AvgIpc) is 2.50. The van der Waals surface area contributed by atoms with Crippen LogP contribution in [0.15, 0.2) is 64.1 Å². The van der Waals surface area contributed by atoms with E-state index in [0.29, 0.717) is 12.5 Å². The summed E-state index contributed by atoms with van der Waals surface area (Å²) in [5, 5.41) is 5.76. The van der Waals surface area contributed by atoms with E-state index in [1.165, 1.54) is 0 Å². The summed E-state index contributed by atoms with van der Waals surface area (Å²) in [6.45, 7) is 0.327. The Kier molecular flexibility index (Phi) is 5.97. The molecule has 22 heavy (non-hydrogen) atoms. The number of rotatable bonds is 5. The van der Waals surface area contributed by atoms with E-state index in [9.17, 15) is 4.79 Å². The second-order valence-corrected chi connectivity index (χ2v) is 5.48. The van der Waals surface area contributed by atoms with E-state index in [1.54, 1.807) is 0 Å². The number of hydrogen-bond acceptors (Lipinski definition) is 2. The van der Waals surface area contributed by atoms with Crippen molar-refractivity contribution in [3.05, 3.63) is 59.1 Å². The number of guanidine groups is 1. The molecule has 114 valence electrons. The molecular formula is C16H17BrN4O. The van der Waals surface area contributed by atoms with E-state index in [-0.39, 0.29) is 12.3 Å². The van der Waals surface area contributed by atoms with Gasteiger partial charge in [-0.25, -0.2) is 0 Å². The normalized spacial score (nSPS) is 11.0. The molecule has 0 fully saturated rings. The van der Waals surface area contributed by atoms with E-state index >= 15 is 0 Å². The molecule has 4 N–H and O–H groups in total. The van der Waals surface area contributed by atoms with Crippen molar-refractivity contribution in [1.82, 2.24) is 0 Å². The van der Waals surface area contributed by atoms with E-state index in [4.69, 9.17) is 5.73 Å². The van der Waals surface area contributed by atoms with Crippen LogP contribution in [0.3, 0.4) is 0 Å². The highest BCUT2D eigenvalue weighted by Gasteiger charge is 2.02. The highest BCUT2D eigenvalue weighted by molar-refractivity contribution is 9.10. The van der Waals surface area contributed by atoms with E-state index in [2.05, 4.69) is 31.6 Å². The molecule has 2 aromatic rings. The number of nitrogens with two attached hydrogens (primary N) is 1. The number of anilines is 2. The van der Waals surface area contributed by atoms with Crippen molar-refractivity contribution >= 4 is 39.2 Å². The van der Waals surface area contributed by atoms with Gasteiger partial charge in [0.15, 0.2) is 5.96 Å². The van der Waals surface area contributed by atoms with Crippen LogP contribution in [0.2, 0.25) is 0 Å². The maximum Gasteiger partial charge on any atom is 0.226 e. The van der Waals surface area contributed by atoms with Crippen molar-refractivity contribution < 1.29 is 4.79 Å². The maximum atomic E-state index is 11.8. The van der Waals surface area contributed by atoms with Gasteiger partial charge < -0.3 is 16.4 Å². The third-order valence-corrected chi connectivity index (χ3v) is 3.32. The zero-order chi connectivity index (χ0) is 15.8. The van der Waals surface area contributed by atoms with Crippen LogP contribution in [0.1, 0.15) is 6.42 Å². The Bertz CT molecular complexity index is 641. The van der Waals surface area contributed by atoms with Crippen LogP contribution >= 0.6 is 15.9 Å². The third-order valence-electron chi connectivity index (χ3n) is 2.80. The fraction of sp³-hybridized carbons (Fsp3) is 0.125. The molecule has 5 nitrogen and oxygen atoms in total. The first kappa shape index (κ1) is 16.0. The molecule has 0 radical (unpaired) electrons. The largest absolute Gasteiger partial charge is 0.370 e. The summed E-state index contributed by atoms with van der Waals surface area (Å²) in [7, 11) is 0.